The van der Waals surface area contributed by atoms with Crippen LogP contribution in [0.5, 0.6) is 0 Å². The minimum absolute atomic E-state index is 0.314. The van der Waals surface area contributed by atoms with Gasteiger partial charge in [0.05, 0.1) is 25.8 Å². The number of aliphatic hydroxyl groups excluding tert-OH is 1. The number of ether oxygens (including phenoxy) is 2. The summed E-state index contributed by atoms with van der Waals surface area (Å²) in [6.45, 7) is 6.36. The van der Waals surface area contributed by atoms with Crippen LogP contribution in [-0.4, -0.2) is 53.9 Å². The van der Waals surface area contributed by atoms with E-state index in [1.807, 2.05) is 20.8 Å². The van der Waals surface area contributed by atoms with E-state index in [1.165, 1.54) is 24.3 Å². The van der Waals surface area contributed by atoms with Crippen molar-refractivity contribution < 1.29 is 28.6 Å². The molecule has 7 nitrogen and oxygen atoms in total. The maximum absolute atomic E-state index is 13.1. The van der Waals surface area contributed by atoms with Crippen LogP contribution in [0.1, 0.15) is 54.4 Å². The molecule has 2 atom stereocenters. The van der Waals surface area contributed by atoms with Gasteiger partial charge in [0.2, 0.25) is 0 Å². The van der Waals surface area contributed by atoms with Gasteiger partial charge >= 0.3 is 6.09 Å². The Bertz CT molecular complexity index is 925. The SMILES string of the molecule is CC(C)(C)OC(=O)N1CCOC(c2ccc(C(=O)N[C@@H](CO)c3ccc(F)cc3)cc2)C1. The summed E-state index contributed by atoms with van der Waals surface area (Å²) in [5.41, 5.74) is 1.29. The van der Waals surface area contributed by atoms with Crippen molar-refractivity contribution in [2.24, 2.45) is 0 Å². The molecule has 32 heavy (non-hydrogen) atoms. The van der Waals surface area contributed by atoms with Crippen molar-refractivity contribution in [2.45, 2.75) is 38.5 Å². The molecule has 2 amide bonds. The molecule has 8 heteroatoms. The second-order valence-electron chi connectivity index (χ2n) is 8.67. The Hall–Kier alpha value is -2.97. The molecule has 2 aromatic carbocycles. The van der Waals surface area contributed by atoms with Crippen LogP contribution in [-0.2, 0) is 9.47 Å². The fourth-order valence-corrected chi connectivity index (χ4v) is 3.36. The highest BCUT2D eigenvalue weighted by Gasteiger charge is 2.29. The summed E-state index contributed by atoms with van der Waals surface area (Å²) in [6, 6.07) is 11.9. The molecular weight excluding hydrogens is 415 g/mol. The van der Waals surface area contributed by atoms with Crippen molar-refractivity contribution in [3.05, 3.63) is 71.0 Å². The average Bonchev–Trinajstić information content (AvgIpc) is 2.77. The van der Waals surface area contributed by atoms with Gasteiger partial charge in [0.25, 0.3) is 5.91 Å². The molecule has 172 valence electrons. The zero-order valence-corrected chi connectivity index (χ0v) is 18.5. The van der Waals surface area contributed by atoms with E-state index in [0.717, 1.165) is 5.56 Å². The zero-order chi connectivity index (χ0) is 23.3. The standard InChI is InChI=1S/C24H29FN2O5/c1-24(2,3)32-23(30)27-12-13-31-21(14-27)17-4-6-18(7-5-17)22(29)26-20(15-28)16-8-10-19(25)11-9-16/h4-11,20-21,28H,12-15H2,1-3H3,(H,26,29)/t20-,21?/m0/s1. The number of hydrogen-bond acceptors (Lipinski definition) is 5. The van der Waals surface area contributed by atoms with Crippen LogP contribution in [0, 0.1) is 5.82 Å². The lowest BCUT2D eigenvalue weighted by Crippen LogP contribution is -2.44. The number of morpholine rings is 1. The van der Waals surface area contributed by atoms with Gasteiger partial charge in [-0.1, -0.05) is 24.3 Å². The van der Waals surface area contributed by atoms with Crippen molar-refractivity contribution in [1.29, 1.82) is 0 Å². The minimum atomic E-state index is -0.646. The third-order valence-corrected chi connectivity index (χ3v) is 5.02. The topological polar surface area (TPSA) is 88.1 Å². The highest BCUT2D eigenvalue weighted by Crippen LogP contribution is 2.24. The van der Waals surface area contributed by atoms with Crippen LogP contribution in [0.2, 0.25) is 0 Å². The number of aliphatic hydroxyl groups is 1. The first kappa shape index (κ1) is 23.7. The van der Waals surface area contributed by atoms with Gasteiger partial charge in [-0.3, -0.25) is 4.79 Å². The van der Waals surface area contributed by atoms with Gasteiger partial charge in [-0.15, -0.1) is 0 Å². The van der Waals surface area contributed by atoms with E-state index >= 15 is 0 Å². The summed E-state index contributed by atoms with van der Waals surface area (Å²) in [5, 5.41) is 12.4. The van der Waals surface area contributed by atoms with Gasteiger partial charge in [-0.2, -0.15) is 0 Å². The molecule has 1 heterocycles. The first-order chi connectivity index (χ1) is 15.2. The summed E-state index contributed by atoms with van der Waals surface area (Å²) in [5.74, 6) is -0.748. The monoisotopic (exact) mass is 444 g/mol. The largest absolute Gasteiger partial charge is 0.444 e. The van der Waals surface area contributed by atoms with Crippen molar-refractivity contribution >= 4 is 12.0 Å². The quantitative estimate of drug-likeness (QED) is 0.736. The number of nitrogens with one attached hydrogen (secondary N) is 1. The Kier molecular flexibility index (Phi) is 7.48. The lowest BCUT2D eigenvalue weighted by molar-refractivity contribution is -0.0432. The first-order valence-electron chi connectivity index (χ1n) is 10.5. The number of rotatable bonds is 5. The molecule has 0 aromatic heterocycles. The fraction of sp³-hybridized carbons (Fsp3) is 0.417. The molecule has 0 radical (unpaired) electrons. The van der Waals surface area contributed by atoms with Crippen molar-refractivity contribution in [3.63, 3.8) is 0 Å². The number of halogens is 1. The lowest BCUT2D eigenvalue weighted by atomic mass is 10.0. The first-order valence-corrected chi connectivity index (χ1v) is 10.5. The summed E-state index contributed by atoms with van der Waals surface area (Å²) < 4.78 is 24.4. The third kappa shape index (κ3) is 6.27. The van der Waals surface area contributed by atoms with Gasteiger partial charge in [-0.25, -0.2) is 9.18 Å². The third-order valence-electron chi connectivity index (χ3n) is 5.02. The number of hydrogen-bond donors (Lipinski definition) is 2. The van der Waals surface area contributed by atoms with E-state index in [1.54, 1.807) is 29.2 Å². The van der Waals surface area contributed by atoms with E-state index in [4.69, 9.17) is 9.47 Å². The molecular formula is C24H29FN2O5. The molecule has 1 saturated heterocycles. The Morgan fingerprint density at radius 1 is 1.19 bits per heavy atom. The molecule has 0 saturated carbocycles. The second kappa shape index (κ2) is 10.1. The van der Waals surface area contributed by atoms with Gasteiger partial charge in [-0.05, 0) is 56.2 Å². The molecule has 1 unspecified atom stereocenters. The van der Waals surface area contributed by atoms with Gasteiger partial charge in [0, 0.05) is 12.1 Å². The number of nitrogens with zero attached hydrogens (tertiary/aromatic N) is 1. The van der Waals surface area contributed by atoms with Crippen molar-refractivity contribution in [1.82, 2.24) is 10.2 Å². The van der Waals surface area contributed by atoms with Crippen LogP contribution >= 0.6 is 0 Å². The van der Waals surface area contributed by atoms with Crippen LogP contribution in [0.3, 0.4) is 0 Å². The summed E-state index contributed by atoms with van der Waals surface area (Å²) in [6.07, 6.45) is -0.699. The molecule has 1 fully saturated rings. The molecule has 0 aliphatic carbocycles. The van der Waals surface area contributed by atoms with Crippen molar-refractivity contribution in [2.75, 3.05) is 26.3 Å². The van der Waals surface area contributed by atoms with Crippen LogP contribution in [0.15, 0.2) is 48.5 Å². The Morgan fingerprint density at radius 3 is 2.44 bits per heavy atom. The van der Waals surface area contributed by atoms with E-state index in [9.17, 15) is 19.1 Å². The minimum Gasteiger partial charge on any atom is -0.444 e. The second-order valence-corrected chi connectivity index (χ2v) is 8.67. The normalized spacial score (nSPS) is 17.5. The van der Waals surface area contributed by atoms with Gasteiger partial charge in [0.1, 0.15) is 17.5 Å². The van der Waals surface area contributed by atoms with E-state index in [0.29, 0.717) is 30.8 Å². The van der Waals surface area contributed by atoms with E-state index in [-0.39, 0.29) is 30.5 Å². The van der Waals surface area contributed by atoms with Crippen LogP contribution in [0.25, 0.3) is 0 Å². The van der Waals surface area contributed by atoms with Crippen LogP contribution < -0.4 is 5.32 Å². The van der Waals surface area contributed by atoms with Crippen molar-refractivity contribution in [3.8, 4) is 0 Å². The molecule has 3 rings (SSSR count). The zero-order valence-electron chi connectivity index (χ0n) is 18.5. The lowest BCUT2D eigenvalue weighted by Gasteiger charge is -2.34. The Morgan fingerprint density at radius 2 is 1.84 bits per heavy atom. The summed E-state index contributed by atoms with van der Waals surface area (Å²) >= 11 is 0. The summed E-state index contributed by atoms with van der Waals surface area (Å²) in [7, 11) is 0. The molecule has 0 spiro atoms. The average molecular weight is 445 g/mol. The Balaban J connectivity index is 1.63. The Labute approximate surface area is 187 Å². The van der Waals surface area contributed by atoms with E-state index in [2.05, 4.69) is 5.32 Å². The van der Waals surface area contributed by atoms with Gasteiger partial charge < -0.3 is 24.8 Å². The number of carbonyl (C=O) groups is 2. The smallest absolute Gasteiger partial charge is 0.410 e. The maximum Gasteiger partial charge on any atom is 0.410 e. The summed E-state index contributed by atoms with van der Waals surface area (Å²) in [4.78, 5) is 26.6. The van der Waals surface area contributed by atoms with Crippen LogP contribution in [0.4, 0.5) is 9.18 Å². The molecule has 0 bridgehead atoms. The fourth-order valence-electron chi connectivity index (χ4n) is 3.36. The predicted molar refractivity (Wildman–Crippen MR) is 117 cm³/mol. The molecule has 2 N–H and O–H groups in total. The maximum atomic E-state index is 13.1. The highest BCUT2D eigenvalue weighted by atomic mass is 19.1. The van der Waals surface area contributed by atoms with E-state index < -0.39 is 11.6 Å². The molecule has 1 aliphatic rings. The number of carbonyl (C=O) groups excluding carboxylic acids is 2. The highest BCUT2D eigenvalue weighted by molar-refractivity contribution is 5.94. The molecule has 2 aromatic rings. The van der Waals surface area contributed by atoms with Gasteiger partial charge in [0.15, 0.2) is 0 Å². The predicted octanol–water partition coefficient (Wildman–Crippen LogP) is 3.60. The number of benzene rings is 2. The molecule has 1 aliphatic heterocycles. The number of amides is 2.